The Kier molecular flexibility index (Phi) is 7.23. The van der Waals surface area contributed by atoms with Crippen molar-refractivity contribution in [1.29, 1.82) is 0 Å². The van der Waals surface area contributed by atoms with E-state index in [1.165, 1.54) is 5.56 Å². The summed E-state index contributed by atoms with van der Waals surface area (Å²) in [6.45, 7) is 6.87. The smallest absolute Gasteiger partial charge is 0.310 e. The standard InChI is InChI=1S/C17H26F3N/c1-4-11-21-16(9-10-17(18,19)20)15-12-13(5-2)7-8-14(15)6-3/h7-8,12,16,21H,4-6,9-11H2,1-3H3. The molecule has 1 rings (SSSR count). The van der Waals surface area contributed by atoms with Gasteiger partial charge in [-0.25, -0.2) is 0 Å². The van der Waals surface area contributed by atoms with Gasteiger partial charge >= 0.3 is 6.18 Å². The molecular weight excluding hydrogens is 275 g/mol. The zero-order valence-electron chi connectivity index (χ0n) is 13.2. The van der Waals surface area contributed by atoms with Gasteiger partial charge in [-0.2, -0.15) is 13.2 Å². The monoisotopic (exact) mass is 301 g/mol. The summed E-state index contributed by atoms with van der Waals surface area (Å²) in [7, 11) is 0. The Hall–Kier alpha value is -1.03. The van der Waals surface area contributed by atoms with E-state index < -0.39 is 12.6 Å². The van der Waals surface area contributed by atoms with E-state index in [-0.39, 0.29) is 12.5 Å². The largest absolute Gasteiger partial charge is 0.389 e. The number of alkyl halides is 3. The van der Waals surface area contributed by atoms with Crippen molar-refractivity contribution in [2.75, 3.05) is 6.54 Å². The maximum absolute atomic E-state index is 12.6. The van der Waals surface area contributed by atoms with E-state index in [9.17, 15) is 13.2 Å². The normalized spacial score (nSPS) is 13.4. The van der Waals surface area contributed by atoms with Gasteiger partial charge in [-0.1, -0.05) is 39.0 Å². The fourth-order valence-electron chi connectivity index (χ4n) is 2.50. The van der Waals surface area contributed by atoms with Crippen molar-refractivity contribution < 1.29 is 13.2 Å². The Morgan fingerprint density at radius 2 is 1.81 bits per heavy atom. The van der Waals surface area contributed by atoms with Crippen molar-refractivity contribution in [3.8, 4) is 0 Å². The van der Waals surface area contributed by atoms with E-state index in [2.05, 4.69) is 30.4 Å². The maximum Gasteiger partial charge on any atom is 0.389 e. The minimum absolute atomic E-state index is 0.101. The highest BCUT2D eigenvalue weighted by atomic mass is 19.4. The minimum atomic E-state index is -4.10. The van der Waals surface area contributed by atoms with Crippen molar-refractivity contribution in [3.05, 3.63) is 34.9 Å². The molecule has 0 amide bonds. The quantitative estimate of drug-likeness (QED) is 0.696. The summed E-state index contributed by atoms with van der Waals surface area (Å²) in [5.41, 5.74) is 3.36. The molecule has 1 N–H and O–H groups in total. The van der Waals surface area contributed by atoms with Crippen LogP contribution in [0.5, 0.6) is 0 Å². The zero-order valence-corrected chi connectivity index (χ0v) is 13.2. The lowest BCUT2D eigenvalue weighted by Crippen LogP contribution is -2.25. The van der Waals surface area contributed by atoms with Gasteiger partial charge in [-0.05, 0) is 48.9 Å². The Bertz CT molecular complexity index is 427. The molecule has 0 spiro atoms. The second-order valence-electron chi connectivity index (χ2n) is 5.40. The second-order valence-corrected chi connectivity index (χ2v) is 5.40. The van der Waals surface area contributed by atoms with Crippen LogP contribution in [-0.2, 0) is 12.8 Å². The fourth-order valence-corrected chi connectivity index (χ4v) is 2.50. The van der Waals surface area contributed by atoms with Crippen LogP contribution in [0.3, 0.4) is 0 Å². The first kappa shape index (κ1) is 18.0. The maximum atomic E-state index is 12.6. The van der Waals surface area contributed by atoms with E-state index >= 15 is 0 Å². The van der Waals surface area contributed by atoms with Gasteiger partial charge in [-0.3, -0.25) is 0 Å². The average Bonchev–Trinajstić information content (AvgIpc) is 2.45. The molecular formula is C17H26F3N. The van der Waals surface area contributed by atoms with E-state index in [0.717, 1.165) is 36.9 Å². The molecule has 0 saturated heterocycles. The van der Waals surface area contributed by atoms with Crippen molar-refractivity contribution in [2.45, 2.75) is 65.1 Å². The molecule has 0 aliphatic carbocycles. The van der Waals surface area contributed by atoms with Gasteiger partial charge < -0.3 is 5.32 Å². The van der Waals surface area contributed by atoms with Crippen LogP contribution in [0.2, 0.25) is 0 Å². The first-order valence-electron chi connectivity index (χ1n) is 7.83. The van der Waals surface area contributed by atoms with Crippen molar-refractivity contribution >= 4 is 0 Å². The third-order valence-electron chi connectivity index (χ3n) is 3.73. The number of hydrogen-bond donors (Lipinski definition) is 1. The van der Waals surface area contributed by atoms with Crippen LogP contribution in [0.4, 0.5) is 13.2 Å². The van der Waals surface area contributed by atoms with Crippen LogP contribution in [0.15, 0.2) is 18.2 Å². The SMILES string of the molecule is CCCNC(CCC(F)(F)F)c1cc(CC)ccc1CC. The van der Waals surface area contributed by atoms with E-state index in [4.69, 9.17) is 0 Å². The summed E-state index contributed by atoms with van der Waals surface area (Å²) in [4.78, 5) is 0. The summed E-state index contributed by atoms with van der Waals surface area (Å²) in [5.74, 6) is 0. The molecule has 1 aromatic rings. The van der Waals surface area contributed by atoms with Crippen LogP contribution < -0.4 is 5.32 Å². The van der Waals surface area contributed by atoms with Gasteiger partial charge in [0.15, 0.2) is 0 Å². The number of rotatable bonds is 8. The molecule has 0 bridgehead atoms. The summed E-state index contributed by atoms with van der Waals surface area (Å²) in [6.07, 6.45) is -2.08. The van der Waals surface area contributed by atoms with Gasteiger partial charge in [0.25, 0.3) is 0 Å². The first-order chi connectivity index (χ1) is 9.91. The van der Waals surface area contributed by atoms with Crippen LogP contribution in [0, 0.1) is 0 Å². The number of halogens is 3. The molecule has 0 radical (unpaired) electrons. The highest BCUT2D eigenvalue weighted by molar-refractivity contribution is 5.34. The number of benzene rings is 1. The second kappa shape index (κ2) is 8.42. The molecule has 0 aliphatic rings. The highest BCUT2D eigenvalue weighted by Crippen LogP contribution is 2.30. The third-order valence-corrected chi connectivity index (χ3v) is 3.73. The topological polar surface area (TPSA) is 12.0 Å². The Balaban J connectivity index is 2.99. The predicted octanol–water partition coefficient (Wildman–Crippen LogP) is 5.19. The molecule has 0 heterocycles. The molecule has 1 aromatic carbocycles. The highest BCUT2D eigenvalue weighted by Gasteiger charge is 2.29. The molecule has 21 heavy (non-hydrogen) atoms. The van der Waals surface area contributed by atoms with E-state index in [0.29, 0.717) is 0 Å². The summed E-state index contributed by atoms with van der Waals surface area (Å²) < 4.78 is 37.7. The lowest BCUT2D eigenvalue weighted by atomic mass is 9.92. The molecule has 1 unspecified atom stereocenters. The van der Waals surface area contributed by atoms with Gasteiger partial charge in [0.1, 0.15) is 0 Å². The number of aryl methyl sites for hydroxylation is 2. The van der Waals surface area contributed by atoms with Gasteiger partial charge in [0, 0.05) is 12.5 Å². The van der Waals surface area contributed by atoms with E-state index in [1.54, 1.807) is 0 Å². The Labute approximate surface area is 125 Å². The average molecular weight is 301 g/mol. The molecule has 0 aliphatic heterocycles. The van der Waals surface area contributed by atoms with Gasteiger partial charge in [-0.15, -0.1) is 0 Å². The fraction of sp³-hybridized carbons (Fsp3) is 0.647. The predicted molar refractivity (Wildman–Crippen MR) is 81.5 cm³/mol. The summed E-state index contributed by atoms with van der Waals surface area (Å²) >= 11 is 0. The van der Waals surface area contributed by atoms with Crippen LogP contribution >= 0.6 is 0 Å². The molecule has 1 nitrogen and oxygen atoms in total. The van der Waals surface area contributed by atoms with Gasteiger partial charge in [0.2, 0.25) is 0 Å². The molecule has 0 saturated carbocycles. The number of nitrogens with one attached hydrogen (secondary N) is 1. The minimum Gasteiger partial charge on any atom is -0.310 e. The molecule has 0 aromatic heterocycles. The van der Waals surface area contributed by atoms with Crippen molar-refractivity contribution in [2.24, 2.45) is 0 Å². The molecule has 4 heteroatoms. The summed E-state index contributed by atoms with van der Waals surface area (Å²) in [5, 5.41) is 3.28. The Morgan fingerprint density at radius 3 is 2.33 bits per heavy atom. The zero-order chi connectivity index (χ0) is 15.9. The molecule has 0 fully saturated rings. The molecule has 120 valence electrons. The van der Waals surface area contributed by atoms with Crippen molar-refractivity contribution in [1.82, 2.24) is 5.32 Å². The lowest BCUT2D eigenvalue weighted by Gasteiger charge is -2.23. The van der Waals surface area contributed by atoms with E-state index in [1.807, 2.05) is 13.8 Å². The van der Waals surface area contributed by atoms with Crippen LogP contribution in [0.25, 0.3) is 0 Å². The Morgan fingerprint density at radius 1 is 1.10 bits per heavy atom. The van der Waals surface area contributed by atoms with Crippen LogP contribution in [0.1, 0.15) is 62.8 Å². The summed E-state index contributed by atoms with van der Waals surface area (Å²) in [6, 6.07) is 5.99. The number of hydrogen-bond acceptors (Lipinski definition) is 1. The third kappa shape index (κ3) is 6.08. The lowest BCUT2D eigenvalue weighted by molar-refractivity contribution is -0.136. The van der Waals surface area contributed by atoms with Gasteiger partial charge in [0.05, 0.1) is 0 Å². The van der Waals surface area contributed by atoms with Crippen LogP contribution in [-0.4, -0.2) is 12.7 Å². The van der Waals surface area contributed by atoms with Crippen molar-refractivity contribution in [3.63, 3.8) is 0 Å². The molecule has 1 atom stereocenters. The first-order valence-corrected chi connectivity index (χ1v) is 7.83.